The van der Waals surface area contributed by atoms with Gasteiger partial charge in [-0.1, -0.05) is 24.3 Å². The molecule has 0 spiro atoms. The third-order valence-electron chi connectivity index (χ3n) is 6.24. The van der Waals surface area contributed by atoms with Gasteiger partial charge in [0.2, 0.25) is 0 Å². The summed E-state index contributed by atoms with van der Waals surface area (Å²) >= 11 is 3.40. The summed E-state index contributed by atoms with van der Waals surface area (Å²) in [6.07, 6.45) is 0. The van der Waals surface area contributed by atoms with Gasteiger partial charge in [-0.3, -0.25) is 9.59 Å². The Bertz CT molecular complexity index is 1400. The maximum absolute atomic E-state index is 13.3. The first-order valence-electron chi connectivity index (χ1n) is 11.3. The predicted octanol–water partition coefficient (Wildman–Crippen LogP) is 4.84. The third-order valence-corrected chi connectivity index (χ3v) is 6.86. The lowest BCUT2D eigenvalue weighted by Crippen LogP contribution is -2.29. The Balaban J connectivity index is 1.83. The molecular formula is C28H25BrN2O6. The third kappa shape index (κ3) is 5.08. The van der Waals surface area contributed by atoms with Crippen molar-refractivity contribution in [2.75, 3.05) is 26.1 Å². The average Bonchev–Trinajstić information content (AvgIpc) is 3.13. The highest BCUT2D eigenvalue weighted by atomic mass is 79.9. The van der Waals surface area contributed by atoms with E-state index < -0.39 is 23.7 Å². The van der Waals surface area contributed by atoms with Crippen molar-refractivity contribution in [3.8, 4) is 5.75 Å². The van der Waals surface area contributed by atoms with Crippen molar-refractivity contribution in [2.45, 2.75) is 12.6 Å². The number of carboxylic acid groups (broad SMARTS) is 1. The average molecular weight is 565 g/mol. The first-order valence-corrected chi connectivity index (χ1v) is 12.1. The van der Waals surface area contributed by atoms with Crippen LogP contribution >= 0.6 is 15.9 Å². The molecule has 0 aromatic heterocycles. The summed E-state index contributed by atoms with van der Waals surface area (Å²) in [7, 11) is 5.33. The lowest BCUT2D eigenvalue weighted by molar-refractivity contribution is -0.140. The van der Waals surface area contributed by atoms with Crippen molar-refractivity contribution >= 4 is 45.0 Å². The number of benzene rings is 3. The number of methoxy groups -OCH3 is 1. The van der Waals surface area contributed by atoms with Gasteiger partial charge in [0, 0.05) is 31.9 Å². The van der Waals surface area contributed by atoms with Crippen molar-refractivity contribution in [2.24, 2.45) is 0 Å². The Kier molecular flexibility index (Phi) is 7.35. The molecule has 1 atom stereocenters. The number of hydrogen-bond donors (Lipinski definition) is 2. The summed E-state index contributed by atoms with van der Waals surface area (Å²) in [4.78, 5) is 41.1. The first kappa shape index (κ1) is 26.0. The predicted molar refractivity (Wildman–Crippen MR) is 143 cm³/mol. The summed E-state index contributed by atoms with van der Waals surface area (Å²) in [5, 5.41) is 20.5. The van der Waals surface area contributed by atoms with E-state index in [1.165, 1.54) is 24.1 Å². The van der Waals surface area contributed by atoms with Crippen LogP contribution in [0.2, 0.25) is 0 Å². The summed E-state index contributed by atoms with van der Waals surface area (Å²) in [6, 6.07) is 17.5. The van der Waals surface area contributed by atoms with Crippen LogP contribution in [0.4, 0.5) is 5.69 Å². The Morgan fingerprint density at radius 3 is 2.14 bits per heavy atom. The van der Waals surface area contributed by atoms with E-state index in [1.54, 1.807) is 30.3 Å². The van der Waals surface area contributed by atoms with Crippen molar-refractivity contribution < 1.29 is 29.3 Å². The van der Waals surface area contributed by atoms with Gasteiger partial charge in [-0.2, -0.15) is 0 Å². The standard InChI is InChI=1S/C28H25BrN2O6/c1-30(2)20-11-8-17(9-12-20)24-23(25(32)19-10-13-22(37-3)21(29)14-19)26(33)27(34)31(24)15-16-4-6-18(7-5-16)28(35)36/h4-14,24,32H,15H2,1-3H3,(H,35,36)/b25-23-. The zero-order chi connectivity index (χ0) is 26.9. The number of Topliss-reactive ketones (excluding diaryl/α,β-unsaturated/α-hetero) is 1. The van der Waals surface area contributed by atoms with Gasteiger partial charge >= 0.3 is 5.97 Å². The van der Waals surface area contributed by atoms with Crippen molar-refractivity contribution in [3.63, 3.8) is 0 Å². The molecule has 1 saturated heterocycles. The molecule has 4 rings (SSSR count). The molecular weight excluding hydrogens is 540 g/mol. The smallest absolute Gasteiger partial charge is 0.335 e. The molecule has 0 aliphatic carbocycles. The number of likely N-dealkylation sites (tertiary alicyclic amines) is 1. The van der Waals surface area contributed by atoms with E-state index in [0.29, 0.717) is 26.9 Å². The van der Waals surface area contributed by atoms with Crippen molar-refractivity contribution in [1.82, 2.24) is 4.90 Å². The minimum Gasteiger partial charge on any atom is -0.507 e. The number of nitrogens with zero attached hydrogens (tertiary/aromatic N) is 2. The van der Waals surface area contributed by atoms with Gasteiger partial charge in [0.15, 0.2) is 0 Å². The number of aliphatic hydroxyl groups is 1. The van der Waals surface area contributed by atoms with Gasteiger partial charge in [0.1, 0.15) is 11.5 Å². The Morgan fingerprint density at radius 1 is 0.973 bits per heavy atom. The highest BCUT2D eigenvalue weighted by Gasteiger charge is 2.46. The number of anilines is 1. The van der Waals surface area contributed by atoms with Crippen LogP contribution in [0.25, 0.3) is 5.76 Å². The van der Waals surface area contributed by atoms with Crippen LogP contribution in [0.5, 0.6) is 5.75 Å². The van der Waals surface area contributed by atoms with Gasteiger partial charge in [-0.05, 0) is 69.5 Å². The maximum Gasteiger partial charge on any atom is 0.335 e. The molecule has 1 heterocycles. The summed E-state index contributed by atoms with van der Waals surface area (Å²) in [5.41, 5.74) is 2.68. The lowest BCUT2D eigenvalue weighted by atomic mass is 9.95. The summed E-state index contributed by atoms with van der Waals surface area (Å²) in [5.74, 6) is -2.35. The molecule has 1 unspecified atom stereocenters. The fourth-order valence-corrected chi connectivity index (χ4v) is 4.80. The Hall–Kier alpha value is -4.11. The molecule has 2 N–H and O–H groups in total. The molecule has 9 heteroatoms. The minimum absolute atomic E-state index is 0.0261. The number of carbonyl (C=O) groups is 3. The second-order valence-electron chi connectivity index (χ2n) is 8.76. The summed E-state index contributed by atoms with van der Waals surface area (Å²) in [6.45, 7) is 0.0493. The quantitative estimate of drug-likeness (QED) is 0.240. The molecule has 1 aliphatic heterocycles. The van der Waals surface area contributed by atoms with Crippen LogP contribution in [0.1, 0.15) is 33.1 Å². The van der Waals surface area contributed by atoms with Crippen LogP contribution in [0.3, 0.4) is 0 Å². The SMILES string of the molecule is COc1ccc(/C(O)=C2/C(=O)C(=O)N(Cc3ccc(C(=O)O)cc3)C2c2ccc(N(C)C)cc2)cc1Br. The number of hydrogen-bond acceptors (Lipinski definition) is 6. The molecule has 37 heavy (non-hydrogen) atoms. The van der Waals surface area contributed by atoms with E-state index >= 15 is 0 Å². The number of rotatable bonds is 7. The van der Waals surface area contributed by atoms with E-state index in [-0.39, 0.29) is 23.4 Å². The Morgan fingerprint density at radius 2 is 1.59 bits per heavy atom. The second-order valence-corrected chi connectivity index (χ2v) is 9.62. The minimum atomic E-state index is -1.06. The monoisotopic (exact) mass is 564 g/mol. The van der Waals surface area contributed by atoms with Crippen LogP contribution in [0.15, 0.2) is 76.8 Å². The van der Waals surface area contributed by atoms with Crippen LogP contribution < -0.4 is 9.64 Å². The topological polar surface area (TPSA) is 107 Å². The molecule has 1 amide bonds. The van der Waals surface area contributed by atoms with Crippen molar-refractivity contribution in [1.29, 1.82) is 0 Å². The number of halogens is 1. The highest BCUT2D eigenvalue weighted by Crippen LogP contribution is 2.41. The first-order chi connectivity index (χ1) is 17.6. The van der Waals surface area contributed by atoms with Crippen LogP contribution in [-0.2, 0) is 16.1 Å². The Labute approximate surface area is 222 Å². The van der Waals surface area contributed by atoms with Gasteiger partial charge in [-0.15, -0.1) is 0 Å². The number of ketones is 1. The van der Waals surface area contributed by atoms with Gasteiger partial charge in [-0.25, -0.2) is 4.79 Å². The number of aliphatic hydroxyl groups excluding tert-OH is 1. The molecule has 0 bridgehead atoms. The van der Waals surface area contributed by atoms with Gasteiger partial charge < -0.3 is 24.7 Å². The summed E-state index contributed by atoms with van der Waals surface area (Å²) < 4.78 is 5.84. The molecule has 0 radical (unpaired) electrons. The van der Waals surface area contributed by atoms with E-state index in [2.05, 4.69) is 15.9 Å². The fraction of sp³-hybridized carbons (Fsp3) is 0.179. The van der Waals surface area contributed by atoms with Crippen LogP contribution in [0, 0.1) is 0 Å². The zero-order valence-corrected chi connectivity index (χ0v) is 22.0. The molecule has 1 fully saturated rings. The number of amides is 1. The van der Waals surface area contributed by atoms with Crippen molar-refractivity contribution in [3.05, 3.63) is 99.0 Å². The number of aromatic carboxylic acids is 1. The van der Waals surface area contributed by atoms with E-state index in [0.717, 1.165) is 5.69 Å². The normalized spacial score (nSPS) is 16.6. The van der Waals surface area contributed by atoms with Crippen LogP contribution in [-0.4, -0.2) is 54.0 Å². The molecule has 1 aliphatic rings. The second kappa shape index (κ2) is 10.5. The molecule has 8 nitrogen and oxygen atoms in total. The maximum atomic E-state index is 13.3. The van der Waals surface area contributed by atoms with E-state index in [9.17, 15) is 24.6 Å². The lowest BCUT2D eigenvalue weighted by Gasteiger charge is -2.26. The fourth-order valence-electron chi connectivity index (χ4n) is 4.26. The molecule has 3 aromatic carbocycles. The molecule has 0 saturated carbocycles. The molecule has 190 valence electrons. The number of carbonyl (C=O) groups excluding carboxylic acids is 2. The van der Waals surface area contributed by atoms with E-state index in [4.69, 9.17) is 4.74 Å². The zero-order valence-electron chi connectivity index (χ0n) is 20.4. The highest BCUT2D eigenvalue weighted by molar-refractivity contribution is 9.10. The largest absolute Gasteiger partial charge is 0.507 e. The van der Waals surface area contributed by atoms with Gasteiger partial charge in [0.25, 0.3) is 11.7 Å². The van der Waals surface area contributed by atoms with Gasteiger partial charge in [0.05, 0.1) is 28.8 Å². The van der Waals surface area contributed by atoms with E-state index in [1.807, 2.05) is 43.3 Å². The number of ether oxygens (including phenoxy) is 1. The molecule has 3 aromatic rings. The number of carboxylic acids is 1.